The summed E-state index contributed by atoms with van der Waals surface area (Å²) in [6.07, 6.45) is 0.967. The van der Waals surface area contributed by atoms with E-state index < -0.39 is 0 Å². The van der Waals surface area contributed by atoms with Gasteiger partial charge in [-0.15, -0.1) is 0 Å². The molecule has 0 bridgehead atoms. The van der Waals surface area contributed by atoms with Crippen LogP contribution < -0.4 is 10.6 Å². The molecule has 2 N–H and O–H groups in total. The van der Waals surface area contributed by atoms with Crippen molar-refractivity contribution < 1.29 is 0 Å². The van der Waals surface area contributed by atoms with Gasteiger partial charge in [-0.1, -0.05) is 19.9 Å². The Balaban J connectivity index is 1.96. The summed E-state index contributed by atoms with van der Waals surface area (Å²) in [5.41, 5.74) is 10.0. The Morgan fingerprint density at radius 3 is 2.29 bits per heavy atom. The fourth-order valence-corrected chi connectivity index (χ4v) is 3.16. The molecule has 1 heterocycles. The van der Waals surface area contributed by atoms with Gasteiger partial charge in [0.05, 0.1) is 0 Å². The van der Waals surface area contributed by atoms with Crippen LogP contribution in [0.1, 0.15) is 31.9 Å². The van der Waals surface area contributed by atoms with Gasteiger partial charge in [0.25, 0.3) is 0 Å². The maximum absolute atomic E-state index is 5.91. The molecule has 1 aromatic carbocycles. The fraction of sp³-hybridized carbons (Fsp3) is 0.667. The number of nitrogens with two attached hydrogens (primary N) is 1. The Hall–Kier alpha value is -1.06. The number of piperazine rings is 1. The third-order valence-electron chi connectivity index (χ3n) is 4.23. The lowest BCUT2D eigenvalue weighted by atomic mass is 10.0. The molecular weight excluding hydrogens is 258 g/mol. The zero-order valence-electron chi connectivity index (χ0n) is 14.1. The lowest BCUT2D eigenvalue weighted by Gasteiger charge is -2.37. The minimum Gasteiger partial charge on any atom is -0.369 e. The third-order valence-corrected chi connectivity index (χ3v) is 4.23. The summed E-state index contributed by atoms with van der Waals surface area (Å²) in [5.74, 6) is 0.760. The molecule has 0 radical (unpaired) electrons. The smallest absolute Gasteiger partial charge is 0.0369 e. The molecular formula is C18H31N3. The molecule has 0 saturated carbocycles. The van der Waals surface area contributed by atoms with Gasteiger partial charge in [0.1, 0.15) is 0 Å². The standard InChI is InChI=1S/C18H31N3/c1-14(2)13-20-7-9-21(10-8-20)18-6-5-17(12-16(4)19)15(3)11-18/h5-6,11,14,16H,7-10,12-13,19H2,1-4H3. The summed E-state index contributed by atoms with van der Waals surface area (Å²) in [5, 5.41) is 0. The van der Waals surface area contributed by atoms with Crippen molar-refractivity contribution in [2.75, 3.05) is 37.6 Å². The average Bonchev–Trinajstić information content (AvgIpc) is 2.41. The molecule has 3 heteroatoms. The quantitative estimate of drug-likeness (QED) is 0.904. The van der Waals surface area contributed by atoms with E-state index in [1.807, 2.05) is 0 Å². The lowest BCUT2D eigenvalue weighted by molar-refractivity contribution is 0.231. The van der Waals surface area contributed by atoms with Gasteiger partial charge in [0.15, 0.2) is 0 Å². The first-order chi connectivity index (χ1) is 9.95. The Morgan fingerprint density at radius 1 is 1.10 bits per heavy atom. The minimum absolute atomic E-state index is 0.231. The first-order valence-electron chi connectivity index (χ1n) is 8.28. The van der Waals surface area contributed by atoms with E-state index in [0.29, 0.717) is 0 Å². The molecule has 1 fully saturated rings. The van der Waals surface area contributed by atoms with Crippen molar-refractivity contribution in [3.8, 4) is 0 Å². The Morgan fingerprint density at radius 2 is 1.76 bits per heavy atom. The summed E-state index contributed by atoms with van der Waals surface area (Å²) < 4.78 is 0. The molecule has 1 aromatic rings. The van der Waals surface area contributed by atoms with E-state index in [9.17, 15) is 0 Å². The van der Waals surface area contributed by atoms with Crippen molar-refractivity contribution in [3.05, 3.63) is 29.3 Å². The number of aryl methyl sites for hydroxylation is 1. The molecule has 0 aliphatic carbocycles. The van der Waals surface area contributed by atoms with Crippen LogP contribution in [-0.4, -0.2) is 43.7 Å². The highest BCUT2D eigenvalue weighted by atomic mass is 15.3. The monoisotopic (exact) mass is 289 g/mol. The van der Waals surface area contributed by atoms with Gasteiger partial charge in [-0.25, -0.2) is 0 Å². The van der Waals surface area contributed by atoms with Crippen molar-refractivity contribution >= 4 is 5.69 Å². The van der Waals surface area contributed by atoms with E-state index in [0.717, 1.165) is 25.4 Å². The van der Waals surface area contributed by atoms with Crippen molar-refractivity contribution in [2.24, 2.45) is 11.7 Å². The van der Waals surface area contributed by atoms with Gasteiger partial charge < -0.3 is 10.6 Å². The first-order valence-corrected chi connectivity index (χ1v) is 8.28. The van der Waals surface area contributed by atoms with Crippen molar-refractivity contribution in [3.63, 3.8) is 0 Å². The van der Waals surface area contributed by atoms with Crippen LogP contribution >= 0.6 is 0 Å². The Kier molecular flexibility index (Phi) is 5.65. The first kappa shape index (κ1) is 16.3. The highest BCUT2D eigenvalue weighted by molar-refractivity contribution is 5.51. The second-order valence-electron chi connectivity index (χ2n) is 6.97. The maximum Gasteiger partial charge on any atom is 0.0369 e. The zero-order chi connectivity index (χ0) is 15.4. The van der Waals surface area contributed by atoms with Gasteiger partial charge in [-0.3, -0.25) is 4.90 Å². The van der Waals surface area contributed by atoms with Gasteiger partial charge in [-0.2, -0.15) is 0 Å². The SMILES string of the molecule is Cc1cc(N2CCN(CC(C)C)CC2)ccc1CC(C)N. The lowest BCUT2D eigenvalue weighted by Crippen LogP contribution is -2.47. The van der Waals surface area contributed by atoms with Crippen molar-refractivity contribution in [2.45, 2.75) is 40.2 Å². The molecule has 1 unspecified atom stereocenters. The van der Waals surface area contributed by atoms with Crippen LogP contribution in [-0.2, 0) is 6.42 Å². The summed E-state index contributed by atoms with van der Waals surface area (Å²) in [6, 6.07) is 7.08. The van der Waals surface area contributed by atoms with E-state index >= 15 is 0 Å². The molecule has 1 aliphatic rings. The third kappa shape index (κ3) is 4.72. The van der Waals surface area contributed by atoms with Crippen molar-refractivity contribution in [1.82, 2.24) is 4.90 Å². The fourth-order valence-electron chi connectivity index (χ4n) is 3.16. The second-order valence-corrected chi connectivity index (χ2v) is 6.97. The van der Waals surface area contributed by atoms with Gasteiger partial charge in [0.2, 0.25) is 0 Å². The summed E-state index contributed by atoms with van der Waals surface area (Å²) in [7, 11) is 0. The van der Waals surface area contributed by atoms with E-state index in [4.69, 9.17) is 5.73 Å². The molecule has 21 heavy (non-hydrogen) atoms. The molecule has 2 rings (SSSR count). The Bertz CT molecular complexity index is 446. The van der Waals surface area contributed by atoms with Crippen LogP contribution in [0.15, 0.2) is 18.2 Å². The largest absolute Gasteiger partial charge is 0.369 e. The zero-order valence-corrected chi connectivity index (χ0v) is 14.1. The predicted molar refractivity (Wildman–Crippen MR) is 92.0 cm³/mol. The highest BCUT2D eigenvalue weighted by Crippen LogP contribution is 2.21. The predicted octanol–water partition coefficient (Wildman–Crippen LogP) is 2.66. The van der Waals surface area contributed by atoms with E-state index in [-0.39, 0.29) is 6.04 Å². The molecule has 0 spiro atoms. The number of benzene rings is 1. The summed E-state index contributed by atoms with van der Waals surface area (Å²) >= 11 is 0. The molecule has 0 aromatic heterocycles. The van der Waals surface area contributed by atoms with Crippen LogP contribution in [0.25, 0.3) is 0 Å². The normalized spacial score (nSPS) is 18.3. The summed E-state index contributed by atoms with van der Waals surface area (Å²) in [4.78, 5) is 5.10. The maximum atomic E-state index is 5.91. The van der Waals surface area contributed by atoms with Crippen LogP contribution in [0.3, 0.4) is 0 Å². The topological polar surface area (TPSA) is 32.5 Å². The number of nitrogens with zero attached hydrogens (tertiary/aromatic N) is 2. The molecule has 1 saturated heterocycles. The highest BCUT2D eigenvalue weighted by Gasteiger charge is 2.18. The van der Waals surface area contributed by atoms with Gasteiger partial charge in [0, 0.05) is 44.5 Å². The number of rotatable bonds is 5. The van der Waals surface area contributed by atoms with E-state index in [1.54, 1.807) is 0 Å². The van der Waals surface area contributed by atoms with Gasteiger partial charge >= 0.3 is 0 Å². The number of hydrogen-bond acceptors (Lipinski definition) is 3. The second kappa shape index (κ2) is 7.28. The number of anilines is 1. The molecule has 3 nitrogen and oxygen atoms in total. The summed E-state index contributed by atoms with van der Waals surface area (Å²) in [6.45, 7) is 14.7. The minimum atomic E-state index is 0.231. The van der Waals surface area contributed by atoms with Crippen molar-refractivity contribution in [1.29, 1.82) is 0 Å². The molecule has 1 atom stereocenters. The van der Waals surface area contributed by atoms with Crippen LogP contribution in [0.2, 0.25) is 0 Å². The van der Waals surface area contributed by atoms with E-state index in [1.165, 1.54) is 36.4 Å². The molecule has 118 valence electrons. The Labute approximate surface area is 130 Å². The average molecular weight is 289 g/mol. The molecule has 0 amide bonds. The van der Waals surface area contributed by atoms with Crippen LogP contribution in [0, 0.1) is 12.8 Å². The van der Waals surface area contributed by atoms with Gasteiger partial charge in [-0.05, 0) is 49.4 Å². The molecule has 1 aliphatic heterocycles. The van der Waals surface area contributed by atoms with Crippen LogP contribution in [0.4, 0.5) is 5.69 Å². The van der Waals surface area contributed by atoms with Crippen LogP contribution in [0.5, 0.6) is 0 Å². The van der Waals surface area contributed by atoms with E-state index in [2.05, 4.69) is 55.7 Å². The number of hydrogen-bond donors (Lipinski definition) is 1.